The Morgan fingerprint density at radius 2 is 1.93 bits per heavy atom. The van der Waals surface area contributed by atoms with Crippen molar-refractivity contribution < 1.29 is 0 Å². The Labute approximate surface area is 100 Å². The number of nitrogens with zero attached hydrogens (tertiary/aromatic N) is 1. The Hall–Kier alpha value is -0.110. The summed E-state index contributed by atoms with van der Waals surface area (Å²) in [6, 6.07) is 0. The van der Waals surface area contributed by atoms with Crippen LogP contribution in [0.1, 0.15) is 52.9 Å². The zero-order chi connectivity index (χ0) is 11.3. The molecule has 2 heteroatoms. The van der Waals surface area contributed by atoms with Crippen molar-refractivity contribution in [3.05, 3.63) is 0 Å². The SMILES string of the molecule is CCN(CC1CCCC1)C(=S)CC(C)C. The molecule has 0 atom stereocenters. The largest absolute Gasteiger partial charge is 0.366 e. The van der Waals surface area contributed by atoms with Gasteiger partial charge in [-0.1, -0.05) is 38.9 Å². The van der Waals surface area contributed by atoms with Gasteiger partial charge in [0.1, 0.15) is 0 Å². The van der Waals surface area contributed by atoms with Crippen LogP contribution in [0.5, 0.6) is 0 Å². The van der Waals surface area contributed by atoms with E-state index in [4.69, 9.17) is 12.2 Å². The molecule has 0 aromatic heterocycles. The standard InChI is InChI=1S/C13H25NS/c1-4-14(13(15)9-11(2)3)10-12-7-5-6-8-12/h11-12H,4-10H2,1-3H3. The molecule has 0 aromatic carbocycles. The maximum Gasteiger partial charge on any atom is 0.0781 e. The highest BCUT2D eigenvalue weighted by Gasteiger charge is 2.19. The molecule has 0 spiro atoms. The van der Waals surface area contributed by atoms with E-state index in [2.05, 4.69) is 25.7 Å². The van der Waals surface area contributed by atoms with Gasteiger partial charge in [-0.2, -0.15) is 0 Å². The molecule has 0 unspecified atom stereocenters. The van der Waals surface area contributed by atoms with Crippen LogP contribution in [0, 0.1) is 11.8 Å². The van der Waals surface area contributed by atoms with Gasteiger partial charge in [0.15, 0.2) is 0 Å². The second kappa shape index (κ2) is 6.47. The van der Waals surface area contributed by atoms with Gasteiger partial charge >= 0.3 is 0 Å². The minimum atomic E-state index is 0.690. The lowest BCUT2D eigenvalue weighted by Gasteiger charge is -2.27. The van der Waals surface area contributed by atoms with E-state index in [-0.39, 0.29) is 0 Å². The first-order valence-electron chi connectivity index (χ1n) is 6.41. The van der Waals surface area contributed by atoms with E-state index in [1.807, 2.05) is 0 Å². The molecule has 15 heavy (non-hydrogen) atoms. The van der Waals surface area contributed by atoms with Crippen LogP contribution in [-0.2, 0) is 0 Å². The first-order valence-corrected chi connectivity index (χ1v) is 6.82. The van der Waals surface area contributed by atoms with Crippen LogP contribution >= 0.6 is 12.2 Å². The smallest absolute Gasteiger partial charge is 0.0781 e. The molecule has 0 N–H and O–H groups in total. The van der Waals surface area contributed by atoms with Crippen molar-refractivity contribution in [3.63, 3.8) is 0 Å². The first kappa shape index (κ1) is 13.0. The van der Waals surface area contributed by atoms with Crippen molar-refractivity contribution in [2.24, 2.45) is 11.8 Å². The van der Waals surface area contributed by atoms with Crippen molar-refractivity contribution >= 4 is 17.2 Å². The average Bonchev–Trinajstić information content (AvgIpc) is 2.65. The lowest BCUT2D eigenvalue weighted by atomic mass is 10.1. The van der Waals surface area contributed by atoms with Gasteiger partial charge in [-0.15, -0.1) is 0 Å². The lowest BCUT2D eigenvalue weighted by Crippen LogP contribution is -2.34. The predicted molar refractivity (Wildman–Crippen MR) is 71.3 cm³/mol. The fourth-order valence-electron chi connectivity index (χ4n) is 2.39. The predicted octanol–water partition coefficient (Wildman–Crippen LogP) is 3.87. The Kier molecular flexibility index (Phi) is 5.59. The van der Waals surface area contributed by atoms with Crippen LogP contribution in [0.25, 0.3) is 0 Å². The van der Waals surface area contributed by atoms with Gasteiger partial charge < -0.3 is 4.90 Å². The zero-order valence-electron chi connectivity index (χ0n) is 10.5. The molecule has 1 nitrogen and oxygen atoms in total. The van der Waals surface area contributed by atoms with Crippen molar-refractivity contribution in [1.82, 2.24) is 4.90 Å². The van der Waals surface area contributed by atoms with Crippen LogP contribution in [0.2, 0.25) is 0 Å². The summed E-state index contributed by atoms with van der Waals surface area (Å²) in [5.41, 5.74) is 0. The highest BCUT2D eigenvalue weighted by molar-refractivity contribution is 7.80. The fraction of sp³-hybridized carbons (Fsp3) is 0.923. The summed E-state index contributed by atoms with van der Waals surface area (Å²) in [5.74, 6) is 1.60. The van der Waals surface area contributed by atoms with Crippen molar-refractivity contribution in [2.45, 2.75) is 52.9 Å². The van der Waals surface area contributed by atoms with Gasteiger partial charge in [-0.3, -0.25) is 0 Å². The molecule has 1 saturated carbocycles. The van der Waals surface area contributed by atoms with Gasteiger partial charge in [0.25, 0.3) is 0 Å². The molecule has 1 aliphatic rings. The fourth-order valence-corrected chi connectivity index (χ4v) is 2.93. The molecule has 0 bridgehead atoms. The summed E-state index contributed by atoms with van der Waals surface area (Å²) in [5, 5.41) is 0. The van der Waals surface area contributed by atoms with Crippen LogP contribution in [0.4, 0.5) is 0 Å². The second-order valence-corrected chi connectivity index (χ2v) is 5.65. The molecule has 0 aromatic rings. The first-order chi connectivity index (χ1) is 7.13. The van der Waals surface area contributed by atoms with E-state index in [9.17, 15) is 0 Å². The van der Waals surface area contributed by atoms with Gasteiger partial charge in [0.2, 0.25) is 0 Å². The van der Waals surface area contributed by atoms with Crippen LogP contribution in [0.3, 0.4) is 0 Å². The molecule has 0 heterocycles. The third-order valence-electron chi connectivity index (χ3n) is 3.27. The summed E-state index contributed by atoms with van der Waals surface area (Å²) < 4.78 is 0. The molecule has 0 saturated heterocycles. The topological polar surface area (TPSA) is 3.24 Å². The van der Waals surface area contributed by atoms with Gasteiger partial charge in [0, 0.05) is 19.5 Å². The van der Waals surface area contributed by atoms with E-state index < -0.39 is 0 Å². The molecular formula is C13H25NS. The van der Waals surface area contributed by atoms with E-state index in [0.717, 1.165) is 18.9 Å². The molecule has 0 aliphatic heterocycles. The summed E-state index contributed by atoms with van der Waals surface area (Å²) >= 11 is 5.51. The molecule has 0 amide bonds. The summed E-state index contributed by atoms with van der Waals surface area (Å²) in [6.45, 7) is 9.01. The molecule has 1 aliphatic carbocycles. The monoisotopic (exact) mass is 227 g/mol. The summed E-state index contributed by atoms with van der Waals surface area (Å²) in [7, 11) is 0. The van der Waals surface area contributed by atoms with Gasteiger partial charge in [-0.05, 0) is 31.6 Å². The van der Waals surface area contributed by atoms with Crippen LogP contribution in [-0.4, -0.2) is 23.0 Å². The Bertz CT molecular complexity index is 195. The van der Waals surface area contributed by atoms with Crippen molar-refractivity contribution in [2.75, 3.05) is 13.1 Å². The lowest BCUT2D eigenvalue weighted by molar-refractivity contribution is 0.349. The third kappa shape index (κ3) is 4.50. The van der Waals surface area contributed by atoms with Gasteiger partial charge in [-0.25, -0.2) is 0 Å². The van der Waals surface area contributed by atoms with Crippen LogP contribution < -0.4 is 0 Å². The zero-order valence-corrected chi connectivity index (χ0v) is 11.3. The third-order valence-corrected chi connectivity index (χ3v) is 3.70. The van der Waals surface area contributed by atoms with Crippen molar-refractivity contribution in [1.29, 1.82) is 0 Å². The number of rotatable bonds is 5. The van der Waals surface area contributed by atoms with Crippen LogP contribution in [0.15, 0.2) is 0 Å². The minimum absolute atomic E-state index is 0.690. The maximum absolute atomic E-state index is 5.51. The minimum Gasteiger partial charge on any atom is -0.366 e. The molecular weight excluding hydrogens is 202 g/mol. The number of thiocarbonyl (C=S) groups is 1. The number of hydrogen-bond acceptors (Lipinski definition) is 1. The second-order valence-electron chi connectivity index (χ2n) is 5.18. The molecule has 88 valence electrons. The Morgan fingerprint density at radius 1 is 1.33 bits per heavy atom. The number of hydrogen-bond donors (Lipinski definition) is 0. The summed E-state index contributed by atoms with van der Waals surface area (Å²) in [4.78, 5) is 3.60. The molecule has 0 radical (unpaired) electrons. The Morgan fingerprint density at radius 3 is 2.40 bits per heavy atom. The van der Waals surface area contributed by atoms with Crippen molar-refractivity contribution in [3.8, 4) is 0 Å². The highest BCUT2D eigenvalue weighted by Crippen LogP contribution is 2.25. The van der Waals surface area contributed by atoms with E-state index in [1.54, 1.807) is 0 Å². The Balaban J connectivity index is 2.36. The van der Waals surface area contributed by atoms with E-state index in [0.29, 0.717) is 5.92 Å². The summed E-state index contributed by atoms with van der Waals surface area (Å²) in [6.07, 6.45) is 6.77. The normalized spacial score (nSPS) is 17.3. The maximum atomic E-state index is 5.51. The van der Waals surface area contributed by atoms with E-state index >= 15 is 0 Å². The highest BCUT2D eigenvalue weighted by atomic mass is 32.1. The molecule has 1 rings (SSSR count). The van der Waals surface area contributed by atoms with E-state index in [1.165, 1.54) is 37.2 Å². The molecule has 1 fully saturated rings. The average molecular weight is 227 g/mol. The quantitative estimate of drug-likeness (QED) is 0.656. The van der Waals surface area contributed by atoms with Gasteiger partial charge in [0.05, 0.1) is 4.99 Å².